The Bertz CT molecular complexity index is 416. The van der Waals surface area contributed by atoms with Crippen LogP contribution in [0.5, 0.6) is 0 Å². The zero-order chi connectivity index (χ0) is 11.2. The Morgan fingerprint density at radius 2 is 1.88 bits per heavy atom. The molecule has 1 aromatic carbocycles. The molecule has 3 rings (SSSR count). The second kappa shape index (κ2) is 3.52. The Morgan fingerprint density at radius 1 is 1.25 bits per heavy atom. The van der Waals surface area contributed by atoms with Crippen molar-refractivity contribution < 1.29 is 9.90 Å². The highest BCUT2D eigenvalue weighted by Gasteiger charge is 2.51. The van der Waals surface area contributed by atoms with Crippen molar-refractivity contribution in [3.63, 3.8) is 0 Å². The van der Waals surface area contributed by atoms with Gasteiger partial charge in [-0.3, -0.25) is 4.79 Å². The lowest BCUT2D eigenvalue weighted by Crippen LogP contribution is -2.19. The minimum Gasteiger partial charge on any atom is -0.481 e. The monoisotopic (exact) mass is 234 g/mol. The Kier molecular flexibility index (Phi) is 2.25. The largest absolute Gasteiger partial charge is 0.481 e. The van der Waals surface area contributed by atoms with Crippen molar-refractivity contribution in [3.8, 4) is 0 Å². The van der Waals surface area contributed by atoms with Crippen LogP contribution in [0.2, 0.25) is 0 Å². The maximum Gasteiger partial charge on any atom is 0.314 e. The predicted octanol–water partition coefficient (Wildman–Crippen LogP) is 3.06. The van der Waals surface area contributed by atoms with Crippen LogP contribution in [0.1, 0.15) is 31.2 Å². The average Bonchev–Trinajstić information content (AvgIpc) is 3.13. The molecule has 2 saturated carbocycles. The van der Waals surface area contributed by atoms with Gasteiger partial charge in [0.15, 0.2) is 0 Å². The molecule has 2 fully saturated rings. The van der Waals surface area contributed by atoms with Crippen LogP contribution in [0.25, 0.3) is 0 Å². The average molecular weight is 234 g/mol. The van der Waals surface area contributed by atoms with Crippen LogP contribution in [-0.2, 0) is 10.2 Å². The fourth-order valence-corrected chi connectivity index (χ4v) is 3.03. The van der Waals surface area contributed by atoms with Gasteiger partial charge in [0.1, 0.15) is 0 Å². The fourth-order valence-electron chi connectivity index (χ4n) is 1.98. The molecule has 1 aromatic rings. The SMILES string of the molecule is O=C(O)C1(c2ccc(SC3CC3)cc2)CC1. The third-order valence-electron chi connectivity index (χ3n) is 3.39. The second-order valence-electron chi connectivity index (χ2n) is 4.73. The molecule has 16 heavy (non-hydrogen) atoms. The van der Waals surface area contributed by atoms with Gasteiger partial charge in [0, 0.05) is 10.1 Å². The third-order valence-corrected chi connectivity index (χ3v) is 4.74. The number of carboxylic acids is 1. The number of carbonyl (C=O) groups is 1. The first-order valence-corrected chi connectivity index (χ1v) is 6.59. The summed E-state index contributed by atoms with van der Waals surface area (Å²) in [7, 11) is 0. The van der Waals surface area contributed by atoms with E-state index in [9.17, 15) is 9.90 Å². The Labute approximate surface area is 99.1 Å². The smallest absolute Gasteiger partial charge is 0.314 e. The molecular formula is C13H14O2S. The minimum absolute atomic E-state index is 0.553. The predicted molar refractivity (Wildman–Crippen MR) is 63.9 cm³/mol. The molecule has 0 aliphatic heterocycles. The summed E-state index contributed by atoms with van der Waals surface area (Å²) in [5, 5.41) is 9.98. The van der Waals surface area contributed by atoms with E-state index in [2.05, 4.69) is 12.1 Å². The highest BCUT2D eigenvalue weighted by molar-refractivity contribution is 8.00. The summed E-state index contributed by atoms with van der Waals surface area (Å²) in [5.41, 5.74) is 0.420. The summed E-state index contributed by atoms with van der Waals surface area (Å²) in [6.07, 6.45) is 4.23. The topological polar surface area (TPSA) is 37.3 Å². The summed E-state index contributed by atoms with van der Waals surface area (Å²) < 4.78 is 0. The summed E-state index contributed by atoms with van der Waals surface area (Å²) in [5.74, 6) is -0.671. The molecule has 2 aliphatic rings. The van der Waals surface area contributed by atoms with E-state index in [0.29, 0.717) is 0 Å². The van der Waals surface area contributed by atoms with Gasteiger partial charge in [0.25, 0.3) is 0 Å². The quantitative estimate of drug-likeness (QED) is 0.870. The lowest BCUT2D eigenvalue weighted by Gasteiger charge is -2.10. The lowest BCUT2D eigenvalue weighted by atomic mass is 9.96. The van der Waals surface area contributed by atoms with E-state index in [1.54, 1.807) is 0 Å². The van der Waals surface area contributed by atoms with Crippen molar-refractivity contribution in [1.29, 1.82) is 0 Å². The van der Waals surface area contributed by atoms with E-state index in [1.165, 1.54) is 17.7 Å². The molecule has 0 radical (unpaired) electrons. The van der Waals surface area contributed by atoms with Gasteiger partial charge < -0.3 is 5.11 Å². The highest BCUT2D eigenvalue weighted by atomic mass is 32.2. The zero-order valence-electron chi connectivity index (χ0n) is 8.98. The molecule has 0 amide bonds. The molecule has 1 N–H and O–H groups in total. The van der Waals surface area contributed by atoms with E-state index in [1.807, 2.05) is 23.9 Å². The van der Waals surface area contributed by atoms with Crippen LogP contribution in [0, 0.1) is 0 Å². The standard InChI is InChI=1S/C13H14O2S/c14-12(15)13(7-8-13)9-1-3-10(4-2-9)16-11-5-6-11/h1-4,11H,5-8H2,(H,14,15). The maximum atomic E-state index is 11.2. The molecule has 2 aliphatic carbocycles. The van der Waals surface area contributed by atoms with Crippen LogP contribution >= 0.6 is 11.8 Å². The number of hydrogen-bond donors (Lipinski definition) is 1. The summed E-state index contributed by atoms with van der Waals surface area (Å²) in [6.45, 7) is 0. The molecule has 0 aromatic heterocycles. The first kappa shape index (κ1) is 10.2. The Balaban J connectivity index is 1.79. The molecule has 0 atom stereocenters. The van der Waals surface area contributed by atoms with Crippen molar-refractivity contribution in [2.75, 3.05) is 0 Å². The normalized spacial score (nSPS) is 21.8. The minimum atomic E-state index is -0.671. The molecule has 0 heterocycles. The highest BCUT2D eigenvalue weighted by Crippen LogP contribution is 2.49. The summed E-state index contributed by atoms with van der Waals surface area (Å²) in [6, 6.07) is 8.13. The summed E-state index contributed by atoms with van der Waals surface area (Å²) >= 11 is 1.91. The van der Waals surface area contributed by atoms with Crippen LogP contribution in [0.4, 0.5) is 0 Å². The van der Waals surface area contributed by atoms with Gasteiger partial charge in [0.05, 0.1) is 5.41 Å². The van der Waals surface area contributed by atoms with Crippen LogP contribution < -0.4 is 0 Å². The molecule has 84 valence electrons. The van der Waals surface area contributed by atoms with Crippen molar-refractivity contribution in [3.05, 3.63) is 29.8 Å². The van der Waals surface area contributed by atoms with Crippen molar-refractivity contribution in [2.24, 2.45) is 0 Å². The van der Waals surface area contributed by atoms with E-state index in [4.69, 9.17) is 0 Å². The number of thioether (sulfide) groups is 1. The van der Waals surface area contributed by atoms with Crippen LogP contribution in [-0.4, -0.2) is 16.3 Å². The Morgan fingerprint density at radius 3 is 2.31 bits per heavy atom. The van der Waals surface area contributed by atoms with Gasteiger partial charge in [0.2, 0.25) is 0 Å². The number of hydrogen-bond acceptors (Lipinski definition) is 2. The van der Waals surface area contributed by atoms with E-state index in [0.717, 1.165) is 23.7 Å². The molecule has 0 unspecified atom stereocenters. The molecular weight excluding hydrogens is 220 g/mol. The first-order valence-electron chi connectivity index (χ1n) is 5.71. The third kappa shape index (κ3) is 1.73. The number of aliphatic carboxylic acids is 1. The second-order valence-corrected chi connectivity index (χ2v) is 6.10. The van der Waals surface area contributed by atoms with E-state index >= 15 is 0 Å². The first-order chi connectivity index (χ1) is 7.71. The molecule has 0 bridgehead atoms. The number of rotatable bonds is 4. The maximum absolute atomic E-state index is 11.2. The molecule has 2 nitrogen and oxygen atoms in total. The van der Waals surface area contributed by atoms with Crippen molar-refractivity contribution in [2.45, 2.75) is 41.2 Å². The summed E-state index contributed by atoms with van der Waals surface area (Å²) in [4.78, 5) is 12.4. The van der Waals surface area contributed by atoms with Gasteiger partial charge in [-0.05, 0) is 43.4 Å². The van der Waals surface area contributed by atoms with E-state index < -0.39 is 11.4 Å². The van der Waals surface area contributed by atoms with Crippen molar-refractivity contribution in [1.82, 2.24) is 0 Å². The van der Waals surface area contributed by atoms with Gasteiger partial charge in [-0.1, -0.05) is 12.1 Å². The molecule has 0 spiro atoms. The fraction of sp³-hybridized carbons (Fsp3) is 0.462. The zero-order valence-corrected chi connectivity index (χ0v) is 9.80. The van der Waals surface area contributed by atoms with Crippen LogP contribution in [0.3, 0.4) is 0 Å². The van der Waals surface area contributed by atoms with Crippen molar-refractivity contribution >= 4 is 17.7 Å². The number of carboxylic acid groups (broad SMARTS) is 1. The molecule has 0 saturated heterocycles. The molecule has 3 heteroatoms. The van der Waals surface area contributed by atoms with E-state index in [-0.39, 0.29) is 0 Å². The van der Waals surface area contributed by atoms with Gasteiger partial charge in [-0.2, -0.15) is 0 Å². The Hall–Kier alpha value is -0.960. The van der Waals surface area contributed by atoms with Crippen LogP contribution in [0.15, 0.2) is 29.2 Å². The van der Waals surface area contributed by atoms with Gasteiger partial charge >= 0.3 is 5.97 Å². The van der Waals surface area contributed by atoms with Gasteiger partial charge in [-0.25, -0.2) is 0 Å². The number of benzene rings is 1. The van der Waals surface area contributed by atoms with Gasteiger partial charge in [-0.15, -0.1) is 11.8 Å². The lowest BCUT2D eigenvalue weighted by molar-refractivity contribution is -0.140.